The van der Waals surface area contributed by atoms with Gasteiger partial charge in [-0.15, -0.1) is 0 Å². The van der Waals surface area contributed by atoms with Crippen LogP contribution in [0.25, 0.3) is 0 Å². The molecule has 0 atom stereocenters. The van der Waals surface area contributed by atoms with Gasteiger partial charge in [0.05, 0.1) is 0 Å². The maximum atomic E-state index is 2.56. The molecule has 134 valence electrons. The van der Waals surface area contributed by atoms with Gasteiger partial charge in [-0.05, 0) is 71.6 Å². The van der Waals surface area contributed by atoms with Crippen molar-refractivity contribution in [1.82, 2.24) is 4.90 Å². The summed E-state index contributed by atoms with van der Waals surface area (Å²) >= 11 is 0. The Morgan fingerprint density at radius 1 is 0.800 bits per heavy atom. The van der Waals surface area contributed by atoms with Gasteiger partial charge in [0.25, 0.3) is 0 Å². The Bertz CT molecular complexity index is 626. The van der Waals surface area contributed by atoms with Gasteiger partial charge >= 0.3 is 0 Å². The zero-order chi connectivity index (χ0) is 18.0. The third-order valence-electron chi connectivity index (χ3n) is 6.41. The highest BCUT2D eigenvalue weighted by Crippen LogP contribution is 2.46. The summed E-state index contributed by atoms with van der Waals surface area (Å²) in [5.41, 5.74) is 5.85. The van der Waals surface area contributed by atoms with Crippen molar-refractivity contribution in [1.29, 1.82) is 0 Å². The normalized spacial score (nSPS) is 18.0. The number of rotatable bonds is 4. The van der Waals surface area contributed by atoms with Crippen LogP contribution in [0.1, 0.15) is 61.8 Å². The van der Waals surface area contributed by atoms with Crippen molar-refractivity contribution in [3.63, 3.8) is 0 Å². The first-order valence-electron chi connectivity index (χ1n) is 9.78. The highest BCUT2D eigenvalue weighted by molar-refractivity contribution is 5.42. The van der Waals surface area contributed by atoms with Gasteiger partial charge in [0.15, 0.2) is 0 Å². The average molecular weight is 336 g/mol. The van der Waals surface area contributed by atoms with Crippen molar-refractivity contribution < 1.29 is 0 Å². The van der Waals surface area contributed by atoms with Crippen molar-refractivity contribution >= 4 is 0 Å². The van der Waals surface area contributed by atoms with Gasteiger partial charge in [-0.2, -0.15) is 0 Å². The van der Waals surface area contributed by atoms with Gasteiger partial charge < -0.3 is 4.90 Å². The lowest BCUT2D eigenvalue weighted by Crippen LogP contribution is -2.43. The summed E-state index contributed by atoms with van der Waals surface area (Å²) in [4.78, 5) is 2.56. The van der Waals surface area contributed by atoms with E-state index in [1.807, 2.05) is 0 Å². The highest BCUT2D eigenvalue weighted by Gasteiger charge is 2.39. The molecule has 0 aliphatic heterocycles. The Morgan fingerprint density at radius 3 is 1.56 bits per heavy atom. The van der Waals surface area contributed by atoms with Gasteiger partial charge in [0.1, 0.15) is 0 Å². The van der Waals surface area contributed by atoms with Crippen LogP contribution in [0.15, 0.2) is 48.5 Å². The Balaban J connectivity index is 1.94. The molecule has 1 fully saturated rings. The summed E-state index contributed by atoms with van der Waals surface area (Å²) in [6, 6.07) is 19.9. The van der Waals surface area contributed by atoms with Crippen molar-refractivity contribution in [3.05, 3.63) is 70.8 Å². The van der Waals surface area contributed by atoms with E-state index >= 15 is 0 Å². The van der Waals surface area contributed by atoms with E-state index in [9.17, 15) is 0 Å². The Hall–Kier alpha value is -1.60. The molecule has 1 saturated carbocycles. The Kier molecular flexibility index (Phi) is 5.34. The van der Waals surface area contributed by atoms with Crippen LogP contribution in [0, 0.1) is 13.8 Å². The second-order valence-corrected chi connectivity index (χ2v) is 8.30. The first kappa shape index (κ1) is 18.2. The lowest BCUT2D eigenvalue weighted by molar-refractivity contribution is 0.132. The van der Waals surface area contributed by atoms with E-state index in [0.29, 0.717) is 12.1 Å². The van der Waals surface area contributed by atoms with Gasteiger partial charge in [0.2, 0.25) is 0 Å². The predicted octanol–water partition coefficient (Wildman–Crippen LogP) is 5.87. The summed E-state index contributed by atoms with van der Waals surface area (Å²) in [7, 11) is 2.29. The van der Waals surface area contributed by atoms with Crippen molar-refractivity contribution in [2.24, 2.45) is 0 Å². The summed E-state index contributed by atoms with van der Waals surface area (Å²) < 4.78 is 0. The molecule has 0 N–H and O–H groups in total. The summed E-state index contributed by atoms with van der Waals surface area (Å²) in [6.45, 7) is 8.97. The average Bonchev–Trinajstić information content (AvgIpc) is 2.62. The lowest BCUT2D eigenvalue weighted by Gasteiger charge is -2.44. The molecule has 25 heavy (non-hydrogen) atoms. The summed E-state index contributed by atoms with van der Waals surface area (Å²) in [5, 5.41) is 0. The van der Waals surface area contributed by atoms with Crippen LogP contribution in [-0.2, 0) is 5.41 Å². The predicted molar refractivity (Wildman–Crippen MR) is 108 cm³/mol. The zero-order valence-corrected chi connectivity index (χ0v) is 16.5. The molecule has 1 aliphatic rings. The van der Waals surface area contributed by atoms with Crippen molar-refractivity contribution in [3.8, 4) is 0 Å². The molecule has 3 rings (SSSR count). The smallest absolute Gasteiger partial charge is 0.0204 e. The van der Waals surface area contributed by atoms with Crippen LogP contribution in [0.5, 0.6) is 0 Å². The van der Waals surface area contributed by atoms with Gasteiger partial charge in [-0.1, -0.05) is 59.7 Å². The second kappa shape index (κ2) is 7.33. The second-order valence-electron chi connectivity index (χ2n) is 8.30. The molecule has 1 heteroatoms. The third-order valence-corrected chi connectivity index (χ3v) is 6.41. The Labute approximate surface area is 154 Å². The molecule has 1 aliphatic carbocycles. The standard InChI is InChI=1S/C24H33N/c1-18(2)25(5)23-14-16-24(17-15-23,21-10-6-19(3)7-11-21)22-12-8-20(4)9-13-22/h6-13,18,23H,14-17H2,1-5H3. The lowest BCUT2D eigenvalue weighted by atomic mass is 9.64. The molecule has 0 unspecified atom stereocenters. The Morgan fingerprint density at radius 2 is 1.20 bits per heavy atom. The zero-order valence-electron chi connectivity index (χ0n) is 16.5. The number of benzene rings is 2. The fourth-order valence-electron chi connectivity index (χ4n) is 4.41. The number of hydrogen-bond donors (Lipinski definition) is 0. The van der Waals surface area contributed by atoms with Crippen molar-refractivity contribution in [2.75, 3.05) is 7.05 Å². The van der Waals surface area contributed by atoms with E-state index < -0.39 is 0 Å². The van der Waals surface area contributed by atoms with Gasteiger partial charge in [-0.3, -0.25) is 0 Å². The van der Waals surface area contributed by atoms with Crippen LogP contribution in [0.2, 0.25) is 0 Å². The molecule has 2 aromatic rings. The van der Waals surface area contributed by atoms with Crippen LogP contribution < -0.4 is 0 Å². The maximum absolute atomic E-state index is 2.56. The van der Waals surface area contributed by atoms with Crippen molar-refractivity contribution in [2.45, 2.75) is 70.9 Å². The number of hydrogen-bond acceptors (Lipinski definition) is 1. The minimum Gasteiger partial charge on any atom is -0.301 e. The summed E-state index contributed by atoms with van der Waals surface area (Å²) in [5.74, 6) is 0. The van der Waals surface area contributed by atoms with E-state index in [2.05, 4.69) is 88.2 Å². The van der Waals surface area contributed by atoms with Crippen LogP contribution in [0.3, 0.4) is 0 Å². The van der Waals surface area contributed by atoms with E-state index in [4.69, 9.17) is 0 Å². The SMILES string of the molecule is Cc1ccc(C2(c3ccc(C)cc3)CCC(N(C)C(C)C)CC2)cc1. The minimum atomic E-state index is 0.176. The third kappa shape index (κ3) is 3.67. The fourth-order valence-corrected chi connectivity index (χ4v) is 4.41. The van der Waals surface area contributed by atoms with E-state index in [1.54, 1.807) is 0 Å². The molecule has 0 spiro atoms. The number of nitrogens with zero attached hydrogens (tertiary/aromatic N) is 1. The topological polar surface area (TPSA) is 3.24 Å². The number of aryl methyl sites for hydroxylation is 2. The first-order chi connectivity index (χ1) is 11.9. The fraction of sp³-hybridized carbons (Fsp3) is 0.500. The molecular weight excluding hydrogens is 302 g/mol. The van der Waals surface area contributed by atoms with E-state index in [0.717, 1.165) is 0 Å². The van der Waals surface area contributed by atoms with Crippen LogP contribution >= 0.6 is 0 Å². The molecule has 1 nitrogen and oxygen atoms in total. The first-order valence-corrected chi connectivity index (χ1v) is 9.78. The van der Waals surface area contributed by atoms with E-state index in [-0.39, 0.29) is 5.41 Å². The molecule has 0 bridgehead atoms. The van der Waals surface area contributed by atoms with E-state index in [1.165, 1.54) is 47.9 Å². The molecule has 0 aromatic heterocycles. The molecular formula is C24H33N. The van der Waals surface area contributed by atoms with Gasteiger partial charge in [-0.25, -0.2) is 0 Å². The largest absolute Gasteiger partial charge is 0.301 e. The molecule has 0 amide bonds. The quantitative estimate of drug-likeness (QED) is 0.675. The van der Waals surface area contributed by atoms with Crippen LogP contribution in [0.4, 0.5) is 0 Å². The maximum Gasteiger partial charge on any atom is 0.0204 e. The minimum absolute atomic E-state index is 0.176. The highest BCUT2D eigenvalue weighted by atomic mass is 15.1. The molecule has 0 heterocycles. The molecule has 0 radical (unpaired) electrons. The molecule has 0 saturated heterocycles. The van der Waals surface area contributed by atoms with Gasteiger partial charge in [0, 0.05) is 17.5 Å². The monoisotopic (exact) mass is 335 g/mol. The molecule has 2 aromatic carbocycles. The summed E-state index contributed by atoms with van der Waals surface area (Å²) in [6.07, 6.45) is 5.02. The van der Waals surface area contributed by atoms with Crippen LogP contribution in [-0.4, -0.2) is 24.0 Å².